The standard InChI is InChI=1S/C18H16N4O6S/c1-27-15-8-6-13(7-9-15)21-17(18(24)28-20-21)29-11-10-16(23)19-12-2-4-14(5-3-12)22(25)26/h2-9H,10-11H2,1H3,(H-,19,20,23,24)/p+1. The van der Waals surface area contributed by atoms with Gasteiger partial charge in [-0.25, -0.2) is 4.79 Å². The molecule has 0 aliphatic carbocycles. The normalized spacial score (nSPS) is 10.5. The molecule has 0 unspecified atom stereocenters. The van der Waals surface area contributed by atoms with Crippen LogP contribution in [0.25, 0.3) is 5.69 Å². The minimum absolute atomic E-state index is 0.0548. The summed E-state index contributed by atoms with van der Waals surface area (Å²) in [7, 11) is 1.56. The van der Waals surface area contributed by atoms with Crippen molar-refractivity contribution in [1.82, 2.24) is 5.27 Å². The van der Waals surface area contributed by atoms with Crippen molar-refractivity contribution in [1.29, 1.82) is 0 Å². The number of nitrogens with zero attached hydrogens (tertiary/aromatic N) is 2. The molecule has 29 heavy (non-hydrogen) atoms. The molecule has 150 valence electrons. The van der Waals surface area contributed by atoms with Crippen LogP contribution in [0, 0.1) is 10.1 Å². The van der Waals surface area contributed by atoms with Gasteiger partial charge in [-0.3, -0.25) is 19.4 Å². The number of H-pyrrole nitrogens is 1. The molecule has 2 aromatic carbocycles. The number of carbonyl (C=O) groups excluding carboxylic acids is 1. The number of carbonyl (C=O) groups is 1. The highest BCUT2D eigenvalue weighted by atomic mass is 32.2. The maximum Gasteiger partial charge on any atom is 0.442 e. The largest absolute Gasteiger partial charge is 0.497 e. The number of methoxy groups -OCH3 is 1. The van der Waals surface area contributed by atoms with Gasteiger partial charge in [0.2, 0.25) is 11.6 Å². The van der Waals surface area contributed by atoms with E-state index in [1.807, 2.05) is 0 Å². The number of non-ortho nitro benzene ring substituents is 1. The number of aromatic amines is 1. The van der Waals surface area contributed by atoms with Crippen LogP contribution in [0.15, 0.2) is 62.9 Å². The van der Waals surface area contributed by atoms with Crippen LogP contribution >= 0.6 is 11.8 Å². The quantitative estimate of drug-likeness (QED) is 0.249. The van der Waals surface area contributed by atoms with E-state index in [1.165, 1.54) is 40.7 Å². The minimum atomic E-state index is -0.540. The van der Waals surface area contributed by atoms with Crippen LogP contribution in [0.2, 0.25) is 0 Å². The zero-order valence-corrected chi connectivity index (χ0v) is 16.1. The van der Waals surface area contributed by atoms with Crippen LogP contribution in [0.1, 0.15) is 6.42 Å². The van der Waals surface area contributed by atoms with E-state index in [2.05, 4.69) is 10.6 Å². The third-order valence-electron chi connectivity index (χ3n) is 3.87. The molecular formula is C18H17N4O6S+. The Labute approximate surface area is 168 Å². The summed E-state index contributed by atoms with van der Waals surface area (Å²) in [6, 6.07) is 12.6. The topological polar surface area (TPSA) is 131 Å². The Balaban J connectivity index is 1.58. The third kappa shape index (κ3) is 5.02. The molecule has 0 aliphatic heterocycles. The highest BCUT2D eigenvalue weighted by molar-refractivity contribution is 7.99. The molecule has 0 radical (unpaired) electrons. The van der Waals surface area contributed by atoms with E-state index >= 15 is 0 Å². The van der Waals surface area contributed by atoms with E-state index in [4.69, 9.17) is 9.26 Å². The van der Waals surface area contributed by atoms with E-state index in [0.717, 1.165) is 0 Å². The van der Waals surface area contributed by atoms with E-state index in [1.54, 1.807) is 31.4 Å². The van der Waals surface area contributed by atoms with Gasteiger partial charge < -0.3 is 10.1 Å². The van der Waals surface area contributed by atoms with Crippen LogP contribution < -0.4 is 20.4 Å². The fourth-order valence-electron chi connectivity index (χ4n) is 2.42. The summed E-state index contributed by atoms with van der Waals surface area (Å²) >= 11 is 1.17. The zero-order valence-electron chi connectivity index (χ0n) is 15.3. The smallest absolute Gasteiger partial charge is 0.442 e. The molecular weight excluding hydrogens is 400 g/mol. The van der Waals surface area contributed by atoms with Crippen LogP contribution in [-0.4, -0.2) is 29.0 Å². The number of nitro benzene ring substituents is 1. The fraction of sp³-hybridized carbons (Fsp3) is 0.167. The Morgan fingerprint density at radius 2 is 1.93 bits per heavy atom. The number of hydrogen-bond donors (Lipinski definition) is 2. The third-order valence-corrected chi connectivity index (χ3v) is 4.90. The van der Waals surface area contributed by atoms with Crippen molar-refractivity contribution in [3.05, 3.63) is 69.1 Å². The number of hydrogen-bond acceptors (Lipinski definition) is 7. The molecule has 0 saturated heterocycles. The summed E-state index contributed by atoms with van der Waals surface area (Å²) in [5.74, 6) is 0.733. The molecule has 0 atom stereocenters. The second kappa shape index (κ2) is 9.06. The summed E-state index contributed by atoms with van der Waals surface area (Å²) in [6.07, 6.45) is 0.134. The molecule has 1 heterocycles. The van der Waals surface area contributed by atoms with Crippen molar-refractivity contribution in [2.75, 3.05) is 18.2 Å². The lowest BCUT2D eigenvalue weighted by atomic mass is 10.3. The molecule has 0 aliphatic rings. The van der Waals surface area contributed by atoms with Crippen molar-refractivity contribution in [2.24, 2.45) is 0 Å². The van der Waals surface area contributed by atoms with Gasteiger partial charge in [0.05, 0.1) is 12.0 Å². The first-order chi connectivity index (χ1) is 14.0. The predicted octanol–water partition coefficient (Wildman–Crippen LogP) is 2.28. The number of ether oxygens (including phenoxy) is 1. The molecule has 1 amide bonds. The van der Waals surface area contributed by atoms with Gasteiger partial charge in [0.25, 0.3) is 5.69 Å². The SMILES string of the molecule is COc1ccc(-[n+]2[nH]oc(=O)c2SCCC(=O)Nc2ccc([N+](=O)[O-])cc2)cc1. The maximum absolute atomic E-state index is 12.1. The van der Waals surface area contributed by atoms with E-state index in [0.29, 0.717) is 27.9 Å². The molecule has 11 heteroatoms. The van der Waals surface area contributed by atoms with Crippen molar-refractivity contribution in [3.8, 4) is 11.4 Å². The highest BCUT2D eigenvalue weighted by Crippen LogP contribution is 2.17. The predicted molar refractivity (Wildman–Crippen MR) is 104 cm³/mol. The summed E-state index contributed by atoms with van der Waals surface area (Å²) in [5, 5.41) is 16.1. The Morgan fingerprint density at radius 1 is 1.24 bits per heavy atom. The average Bonchev–Trinajstić information content (AvgIpc) is 3.09. The van der Waals surface area contributed by atoms with Crippen LogP contribution in [0.4, 0.5) is 11.4 Å². The number of aromatic nitrogens is 2. The first-order valence-electron chi connectivity index (χ1n) is 8.43. The number of nitro groups is 1. The molecule has 0 fully saturated rings. The number of amides is 1. The van der Waals surface area contributed by atoms with Gasteiger partial charge in [-0.2, -0.15) is 0 Å². The number of rotatable bonds is 8. The van der Waals surface area contributed by atoms with E-state index in [-0.39, 0.29) is 18.0 Å². The van der Waals surface area contributed by atoms with E-state index in [9.17, 15) is 19.7 Å². The molecule has 10 nitrogen and oxygen atoms in total. The highest BCUT2D eigenvalue weighted by Gasteiger charge is 2.24. The second-order valence-electron chi connectivity index (χ2n) is 5.77. The Kier molecular flexibility index (Phi) is 6.29. The number of anilines is 1. The van der Waals surface area contributed by atoms with Crippen LogP contribution in [0.5, 0.6) is 5.75 Å². The fourth-order valence-corrected chi connectivity index (χ4v) is 3.33. The lowest BCUT2D eigenvalue weighted by Gasteiger charge is -2.04. The van der Waals surface area contributed by atoms with Gasteiger partial charge >= 0.3 is 10.7 Å². The minimum Gasteiger partial charge on any atom is -0.497 e. The lowest BCUT2D eigenvalue weighted by molar-refractivity contribution is -0.704. The number of nitrogens with one attached hydrogen (secondary N) is 2. The van der Waals surface area contributed by atoms with Gasteiger partial charge in [0, 0.05) is 42.1 Å². The first-order valence-corrected chi connectivity index (χ1v) is 9.41. The zero-order chi connectivity index (χ0) is 20.8. The van der Waals surface area contributed by atoms with E-state index < -0.39 is 10.5 Å². The molecule has 1 aromatic heterocycles. The van der Waals surface area contributed by atoms with Gasteiger partial charge in [0.1, 0.15) is 5.75 Å². The van der Waals surface area contributed by atoms with Crippen LogP contribution in [-0.2, 0) is 4.79 Å². The van der Waals surface area contributed by atoms with Crippen molar-refractivity contribution in [3.63, 3.8) is 0 Å². The molecule has 0 bridgehead atoms. The molecule has 2 N–H and O–H groups in total. The monoisotopic (exact) mass is 417 g/mol. The van der Waals surface area contributed by atoms with Crippen LogP contribution in [0.3, 0.4) is 0 Å². The Bertz CT molecular complexity index is 1060. The Morgan fingerprint density at radius 3 is 2.55 bits per heavy atom. The molecule has 0 spiro atoms. The van der Waals surface area contributed by atoms with Gasteiger partial charge in [-0.05, 0) is 46.0 Å². The molecule has 3 rings (SSSR count). The van der Waals surface area contributed by atoms with Crippen molar-refractivity contribution in [2.45, 2.75) is 11.4 Å². The Hall–Kier alpha value is -3.60. The second-order valence-corrected chi connectivity index (χ2v) is 6.85. The summed E-state index contributed by atoms with van der Waals surface area (Å²) < 4.78 is 11.5. The number of benzene rings is 2. The summed E-state index contributed by atoms with van der Waals surface area (Å²) in [6.45, 7) is 0. The first kappa shape index (κ1) is 20.1. The summed E-state index contributed by atoms with van der Waals surface area (Å²) in [5.41, 5.74) is 0.539. The van der Waals surface area contributed by atoms with Crippen molar-refractivity contribution < 1.29 is 23.7 Å². The molecule has 3 aromatic rings. The summed E-state index contributed by atoms with van der Waals surface area (Å²) in [4.78, 5) is 34.2. The van der Waals surface area contributed by atoms with Gasteiger partial charge in [-0.1, -0.05) is 0 Å². The maximum atomic E-state index is 12.1. The lowest BCUT2D eigenvalue weighted by Crippen LogP contribution is -2.36. The van der Waals surface area contributed by atoms with Gasteiger partial charge in [-0.15, -0.1) is 0 Å². The van der Waals surface area contributed by atoms with Gasteiger partial charge in [0.15, 0.2) is 0 Å². The average molecular weight is 417 g/mol. The molecule has 0 saturated carbocycles. The van der Waals surface area contributed by atoms with Crippen molar-refractivity contribution >= 4 is 29.0 Å². The number of thioether (sulfide) groups is 1.